The van der Waals surface area contributed by atoms with Crippen molar-refractivity contribution in [1.29, 1.82) is 0 Å². The maximum absolute atomic E-state index is 6.52. The first kappa shape index (κ1) is 27.1. The summed E-state index contributed by atoms with van der Waals surface area (Å²) in [6.45, 7) is 14.3. The van der Waals surface area contributed by atoms with Gasteiger partial charge in [-0.15, -0.1) is 11.6 Å². The van der Waals surface area contributed by atoms with Crippen LogP contribution in [0.3, 0.4) is 0 Å². The summed E-state index contributed by atoms with van der Waals surface area (Å²) < 4.78 is 17.4. The molecule has 0 aromatic heterocycles. The SMILES string of the molecule is CC(C)OC[C@H](C)COc1ccc(C(C)(C)c2cc(Cl)c(OC[C@H](C)CCl)c(Cl)c2)cc1. The first-order valence-electron chi connectivity index (χ1n) is 11.1. The quantitative estimate of drug-likeness (QED) is 0.276. The van der Waals surface area contributed by atoms with Gasteiger partial charge < -0.3 is 14.2 Å². The fraction of sp³-hybridized carbons (Fsp3) is 0.538. The van der Waals surface area contributed by atoms with Gasteiger partial charge in [0.2, 0.25) is 0 Å². The molecule has 0 radical (unpaired) electrons. The molecule has 6 heteroatoms. The summed E-state index contributed by atoms with van der Waals surface area (Å²) in [6, 6.07) is 12.0. The van der Waals surface area contributed by atoms with Crippen LogP contribution in [0.2, 0.25) is 10.0 Å². The molecule has 0 aliphatic rings. The Kier molecular flexibility index (Phi) is 10.5. The molecule has 0 heterocycles. The third-order valence-corrected chi connectivity index (χ3v) is 6.41. The fourth-order valence-corrected chi connectivity index (χ4v) is 3.79. The molecule has 0 saturated carbocycles. The van der Waals surface area contributed by atoms with Gasteiger partial charge in [-0.3, -0.25) is 0 Å². The molecule has 0 unspecified atom stereocenters. The van der Waals surface area contributed by atoms with Crippen molar-refractivity contribution < 1.29 is 14.2 Å². The highest BCUT2D eigenvalue weighted by Crippen LogP contribution is 2.40. The van der Waals surface area contributed by atoms with E-state index in [0.29, 0.717) is 47.4 Å². The minimum atomic E-state index is -0.299. The third kappa shape index (κ3) is 7.73. The van der Waals surface area contributed by atoms with E-state index in [4.69, 9.17) is 49.0 Å². The van der Waals surface area contributed by atoms with Crippen LogP contribution in [0.25, 0.3) is 0 Å². The van der Waals surface area contributed by atoms with Crippen LogP contribution in [0.5, 0.6) is 11.5 Å². The van der Waals surface area contributed by atoms with Gasteiger partial charge in [0.1, 0.15) is 5.75 Å². The van der Waals surface area contributed by atoms with E-state index in [2.05, 4.69) is 32.9 Å². The number of hydrogen-bond acceptors (Lipinski definition) is 3. The number of halogens is 3. The van der Waals surface area contributed by atoms with Crippen molar-refractivity contribution in [2.75, 3.05) is 25.7 Å². The number of rotatable bonds is 12. The van der Waals surface area contributed by atoms with Gasteiger partial charge in [-0.05, 0) is 49.2 Å². The zero-order valence-corrected chi connectivity index (χ0v) is 22.2. The van der Waals surface area contributed by atoms with Gasteiger partial charge in [0.05, 0.1) is 36.0 Å². The lowest BCUT2D eigenvalue weighted by molar-refractivity contribution is 0.0427. The van der Waals surface area contributed by atoms with E-state index < -0.39 is 0 Å². The number of hydrogen-bond donors (Lipinski definition) is 0. The second-order valence-corrected chi connectivity index (χ2v) is 10.4. The molecule has 0 bridgehead atoms. The first-order valence-corrected chi connectivity index (χ1v) is 12.4. The van der Waals surface area contributed by atoms with E-state index in [1.165, 1.54) is 0 Å². The molecule has 0 amide bonds. The van der Waals surface area contributed by atoms with Crippen LogP contribution < -0.4 is 9.47 Å². The molecule has 0 aliphatic carbocycles. The second kappa shape index (κ2) is 12.4. The largest absolute Gasteiger partial charge is 0.493 e. The van der Waals surface area contributed by atoms with Gasteiger partial charge in [-0.25, -0.2) is 0 Å². The van der Waals surface area contributed by atoms with Crippen LogP contribution >= 0.6 is 34.8 Å². The Morgan fingerprint density at radius 3 is 1.88 bits per heavy atom. The second-order valence-electron chi connectivity index (χ2n) is 9.29. The summed E-state index contributed by atoms with van der Waals surface area (Å²) in [7, 11) is 0. The number of ether oxygens (including phenoxy) is 3. The van der Waals surface area contributed by atoms with Crippen LogP contribution in [-0.4, -0.2) is 31.8 Å². The Morgan fingerprint density at radius 2 is 1.34 bits per heavy atom. The average molecular weight is 502 g/mol. The summed E-state index contributed by atoms with van der Waals surface area (Å²) in [4.78, 5) is 0. The molecular formula is C26H35Cl3O3. The van der Waals surface area contributed by atoms with Crippen molar-refractivity contribution in [2.24, 2.45) is 11.8 Å². The van der Waals surface area contributed by atoms with Crippen molar-refractivity contribution in [3.8, 4) is 11.5 Å². The van der Waals surface area contributed by atoms with Crippen molar-refractivity contribution in [3.63, 3.8) is 0 Å². The average Bonchev–Trinajstić information content (AvgIpc) is 2.75. The molecule has 0 aliphatic heterocycles. The van der Waals surface area contributed by atoms with Crippen LogP contribution in [0.4, 0.5) is 0 Å². The highest BCUT2D eigenvalue weighted by Gasteiger charge is 2.26. The van der Waals surface area contributed by atoms with Gasteiger partial charge in [-0.1, -0.05) is 63.0 Å². The van der Waals surface area contributed by atoms with E-state index in [1.807, 2.05) is 45.0 Å². The summed E-state index contributed by atoms with van der Waals surface area (Å²) >= 11 is 18.9. The minimum absolute atomic E-state index is 0.214. The predicted molar refractivity (Wildman–Crippen MR) is 136 cm³/mol. The van der Waals surface area contributed by atoms with E-state index >= 15 is 0 Å². The molecule has 0 fully saturated rings. The smallest absolute Gasteiger partial charge is 0.156 e. The number of alkyl halides is 1. The zero-order chi connectivity index (χ0) is 23.9. The molecule has 0 N–H and O–H groups in total. The topological polar surface area (TPSA) is 27.7 Å². The van der Waals surface area contributed by atoms with Gasteiger partial charge in [0.25, 0.3) is 0 Å². The molecule has 3 nitrogen and oxygen atoms in total. The predicted octanol–water partition coefficient (Wildman–Crippen LogP) is 8.01. The van der Waals surface area contributed by atoms with Crippen molar-refractivity contribution in [3.05, 3.63) is 57.6 Å². The monoisotopic (exact) mass is 500 g/mol. The molecule has 0 spiro atoms. The lowest BCUT2D eigenvalue weighted by Gasteiger charge is -2.27. The first-order chi connectivity index (χ1) is 15.0. The summed E-state index contributed by atoms with van der Waals surface area (Å²) in [5.74, 6) is 2.40. The van der Waals surface area contributed by atoms with E-state index in [0.717, 1.165) is 16.9 Å². The Labute approximate surface area is 208 Å². The van der Waals surface area contributed by atoms with E-state index in [1.54, 1.807) is 0 Å². The maximum Gasteiger partial charge on any atom is 0.156 e. The lowest BCUT2D eigenvalue weighted by Crippen LogP contribution is -2.19. The van der Waals surface area contributed by atoms with Crippen LogP contribution in [0, 0.1) is 11.8 Å². The van der Waals surface area contributed by atoms with Gasteiger partial charge >= 0.3 is 0 Å². The molecule has 2 aromatic rings. The molecule has 0 saturated heterocycles. The molecular weight excluding hydrogens is 467 g/mol. The van der Waals surface area contributed by atoms with Gasteiger partial charge in [-0.2, -0.15) is 0 Å². The normalized spacial score (nSPS) is 13.8. The highest BCUT2D eigenvalue weighted by atomic mass is 35.5. The molecule has 2 atom stereocenters. The lowest BCUT2D eigenvalue weighted by atomic mass is 9.78. The summed E-state index contributed by atoms with van der Waals surface area (Å²) in [5, 5.41) is 1.000. The molecule has 2 aromatic carbocycles. The van der Waals surface area contributed by atoms with E-state index in [9.17, 15) is 0 Å². The Hall–Kier alpha value is -1.13. The maximum atomic E-state index is 6.52. The van der Waals surface area contributed by atoms with Crippen molar-refractivity contribution in [1.82, 2.24) is 0 Å². The van der Waals surface area contributed by atoms with Gasteiger partial charge in [0.15, 0.2) is 5.75 Å². The standard InChI is InChI=1S/C26H35Cl3O3/c1-17(2)30-15-19(4)16-31-22-9-7-20(8-10-22)26(5,6)21-11-23(28)25(24(29)12-21)32-14-18(3)13-27/h7-12,17-19H,13-16H2,1-6H3/t18-,19+/m1/s1. The van der Waals surface area contributed by atoms with E-state index in [-0.39, 0.29) is 17.4 Å². The van der Waals surface area contributed by atoms with Crippen molar-refractivity contribution in [2.45, 2.75) is 53.1 Å². The van der Waals surface area contributed by atoms with Crippen LogP contribution in [0.1, 0.15) is 52.7 Å². The fourth-order valence-electron chi connectivity index (χ4n) is 3.11. The van der Waals surface area contributed by atoms with Crippen LogP contribution in [-0.2, 0) is 10.2 Å². The summed E-state index contributed by atoms with van der Waals surface area (Å²) in [5.41, 5.74) is 1.85. The zero-order valence-electron chi connectivity index (χ0n) is 19.9. The number of benzene rings is 2. The van der Waals surface area contributed by atoms with Crippen molar-refractivity contribution >= 4 is 34.8 Å². The summed E-state index contributed by atoms with van der Waals surface area (Å²) in [6.07, 6.45) is 0.232. The molecule has 2 rings (SSSR count). The molecule has 32 heavy (non-hydrogen) atoms. The molecule has 178 valence electrons. The third-order valence-electron chi connectivity index (χ3n) is 5.32. The highest BCUT2D eigenvalue weighted by molar-refractivity contribution is 6.37. The minimum Gasteiger partial charge on any atom is -0.493 e. The Bertz CT molecular complexity index is 827. The Morgan fingerprint density at radius 1 is 0.781 bits per heavy atom. The Balaban J connectivity index is 2.09. The van der Waals surface area contributed by atoms with Crippen LogP contribution in [0.15, 0.2) is 36.4 Å². The van der Waals surface area contributed by atoms with Gasteiger partial charge in [0, 0.05) is 23.1 Å².